The topological polar surface area (TPSA) is 74.1 Å². The minimum atomic E-state index is -0.381. The molecule has 2 aromatic carbocycles. The maximum atomic E-state index is 11.9. The number of para-hydroxylation sites is 2. The Balaban J connectivity index is 1.56. The van der Waals surface area contributed by atoms with Crippen molar-refractivity contribution in [3.63, 3.8) is 0 Å². The summed E-state index contributed by atoms with van der Waals surface area (Å²) in [6, 6.07) is 16.9. The first-order valence-electron chi connectivity index (χ1n) is 7.27. The molecular weight excluding hydrogens is 294 g/mol. The number of aromatic nitrogens is 3. The number of benzene rings is 2. The van der Waals surface area contributed by atoms with Crippen molar-refractivity contribution in [1.29, 1.82) is 0 Å². The predicted molar refractivity (Wildman–Crippen MR) is 83.9 cm³/mol. The Morgan fingerprint density at radius 2 is 1.70 bits per heavy atom. The van der Waals surface area contributed by atoms with Crippen LogP contribution in [0.1, 0.15) is 5.89 Å². The van der Waals surface area contributed by atoms with Crippen LogP contribution in [0.4, 0.5) is 0 Å². The van der Waals surface area contributed by atoms with Gasteiger partial charge in [0.25, 0.3) is 0 Å². The number of aryl methyl sites for hydroxylation is 2. The van der Waals surface area contributed by atoms with Gasteiger partial charge in [0, 0.05) is 18.5 Å². The van der Waals surface area contributed by atoms with Crippen molar-refractivity contribution in [3.8, 4) is 11.5 Å². The number of rotatable bonds is 4. The Bertz CT molecular complexity index is 999. The van der Waals surface area contributed by atoms with Gasteiger partial charge in [0.1, 0.15) is 0 Å². The van der Waals surface area contributed by atoms with E-state index in [2.05, 4.69) is 10.2 Å². The summed E-state index contributed by atoms with van der Waals surface area (Å²) in [5.41, 5.74) is 2.21. The van der Waals surface area contributed by atoms with Crippen molar-refractivity contribution >= 4 is 11.1 Å². The van der Waals surface area contributed by atoms with Crippen molar-refractivity contribution in [1.82, 2.24) is 14.8 Å². The summed E-state index contributed by atoms with van der Waals surface area (Å²) < 4.78 is 12.4. The van der Waals surface area contributed by atoms with Gasteiger partial charge in [0.15, 0.2) is 5.58 Å². The molecule has 0 fully saturated rings. The molecule has 114 valence electrons. The van der Waals surface area contributed by atoms with Gasteiger partial charge in [-0.05, 0) is 24.3 Å². The van der Waals surface area contributed by atoms with Crippen molar-refractivity contribution in [2.45, 2.75) is 13.0 Å². The van der Waals surface area contributed by atoms with Crippen LogP contribution in [-0.2, 0) is 13.0 Å². The summed E-state index contributed by atoms with van der Waals surface area (Å²) >= 11 is 0. The number of hydrogen-bond donors (Lipinski definition) is 0. The third kappa shape index (κ3) is 2.55. The van der Waals surface area contributed by atoms with E-state index < -0.39 is 0 Å². The first-order valence-corrected chi connectivity index (χ1v) is 7.27. The van der Waals surface area contributed by atoms with E-state index in [1.54, 1.807) is 10.6 Å². The fourth-order valence-electron chi connectivity index (χ4n) is 2.49. The van der Waals surface area contributed by atoms with Gasteiger partial charge in [-0.1, -0.05) is 30.3 Å². The molecule has 4 rings (SSSR count). The zero-order valence-electron chi connectivity index (χ0n) is 12.2. The molecule has 0 spiro atoms. The smallest absolute Gasteiger partial charge is 0.419 e. The Labute approximate surface area is 131 Å². The summed E-state index contributed by atoms with van der Waals surface area (Å²) in [5.74, 6) is 0.583. The van der Waals surface area contributed by atoms with E-state index >= 15 is 0 Å². The van der Waals surface area contributed by atoms with E-state index in [-0.39, 0.29) is 5.76 Å². The molecule has 0 N–H and O–H groups in total. The number of fused-ring (bicyclic) bond motifs is 1. The molecule has 0 bridgehead atoms. The summed E-state index contributed by atoms with van der Waals surface area (Å²) in [4.78, 5) is 11.9. The second-order valence-corrected chi connectivity index (χ2v) is 5.10. The summed E-state index contributed by atoms with van der Waals surface area (Å²) in [7, 11) is 0. The molecule has 0 unspecified atom stereocenters. The highest BCUT2D eigenvalue weighted by Gasteiger charge is 2.12. The lowest BCUT2D eigenvalue weighted by Crippen LogP contribution is -2.15. The Morgan fingerprint density at radius 1 is 0.913 bits per heavy atom. The lowest BCUT2D eigenvalue weighted by Gasteiger charge is -1.98. The number of hydrogen-bond acceptors (Lipinski definition) is 5. The second-order valence-electron chi connectivity index (χ2n) is 5.10. The monoisotopic (exact) mass is 307 g/mol. The third-order valence-corrected chi connectivity index (χ3v) is 3.61. The first kappa shape index (κ1) is 13.5. The molecule has 6 nitrogen and oxygen atoms in total. The van der Waals surface area contributed by atoms with Gasteiger partial charge in [-0.15, -0.1) is 10.2 Å². The molecule has 2 heterocycles. The van der Waals surface area contributed by atoms with Crippen molar-refractivity contribution in [2.24, 2.45) is 0 Å². The van der Waals surface area contributed by atoms with Gasteiger partial charge in [-0.25, -0.2) is 4.79 Å². The third-order valence-electron chi connectivity index (χ3n) is 3.61. The van der Waals surface area contributed by atoms with Crippen LogP contribution in [-0.4, -0.2) is 14.8 Å². The average Bonchev–Trinajstić information content (AvgIpc) is 3.18. The molecule has 6 heteroatoms. The molecule has 0 saturated heterocycles. The lowest BCUT2D eigenvalue weighted by atomic mass is 10.2. The van der Waals surface area contributed by atoms with Gasteiger partial charge in [-0.3, -0.25) is 4.57 Å². The van der Waals surface area contributed by atoms with Gasteiger partial charge >= 0.3 is 5.76 Å². The zero-order valence-corrected chi connectivity index (χ0v) is 12.2. The van der Waals surface area contributed by atoms with Crippen LogP contribution in [0.15, 0.2) is 68.2 Å². The summed E-state index contributed by atoms with van der Waals surface area (Å²) in [5, 5.41) is 8.08. The van der Waals surface area contributed by atoms with Crippen LogP contribution in [0.5, 0.6) is 0 Å². The fraction of sp³-hybridized carbons (Fsp3) is 0.118. The standard InChI is InChI=1S/C17H13N3O3/c21-17-20(13-8-4-5-9-14(13)22-17)11-10-15-18-19-16(23-15)12-6-2-1-3-7-12/h1-9H,10-11H2. The minimum absolute atomic E-state index is 0.381. The lowest BCUT2D eigenvalue weighted by molar-refractivity contribution is 0.464. The maximum absolute atomic E-state index is 11.9. The van der Waals surface area contributed by atoms with Gasteiger partial charge in [0.2, 0.25) is 11.8 Å². The van der Waals surface area contributed by atoms with E-state index in [9.17, 15) is 4.79 Å². The van der Waals surface area contributed by atoms with E-state index in [0.717, 1.165) is 11.1 Å². The van der Waals surface area contributed by atoms with E-state index in [0.29, 0.717) is 30.3 Å². The van der Waals surface area contributed by atoms with Crippen LogP contribution < -0.4 is 5.76 Å². The molecule has 0 aliphatic heterocycles. The molecule has 0 saturated carbocycles. The minimum Gasteiger partial charge on any atom is -0.421 e. The van der Waals surface area contributed by atoms with Crippen LogP contribution in [0, 0.1) is 0 Å². The summed E-state index contributed by atoms with van der Waals surface area (Å²) in [6.07, 6.45) is 0.462. The molecule has 0 amide bonds. The highest BCUT2D eigenvalue weighted by atomic mass is 16.4. The van der Waals surface area contributed by atoms with Crippen LogP contribution in [0.2, 0.25) is 0 Å². The molecule has 0 atom stereocenters. The normalized spacial score (nSPS) is 11.1. The summed E-state index contributed by atoms with van der Waals surface area (Å²) in [6.45, 7) is 0.423. The Hall–Kier alpha value is -3.15. The Morgan fingerprint density at radius 3 is 2.57 bits per heavy atom. The Kier molecular flexibility index (Phi) is 3.27. The molecule has 4 aromatic rings. The van der Waals surface area contributed by atoms with Crippen molar-refractivity contribution in [2.75, 3.05) is 0 Å². The van der Waals surface area contributed by atoms with Crippen LogP contribution in [0.25, 0.3) is 22.6 Å². The largest absolute Gasteiger partial charge is 0.421 e. The maximum Gasteiger partial charge on any atom is 0.419 e. The van der Waals surface area contributed by atoms with Crippen molar-refractivity contribution in [3.05, 3.63) is 71.0 Å². The average molecular weight is 307 g/mol. The molecular formula is C17H13N3O3. The number of oxazole rings is 1. The van der Waals surface area contributed by atoms with Crippen LogP contribution in [0.3, 0.4) is 0 Å². The highest BCUT2D eigenvalue weighted by Crippen LogP contribution is 2.18. The molecule has 0 aliphatic rings. The van der Waals surface area contributed by atoms with E-state index in [1.807, 2.05) is 48.5 Å². The first-order chi connectivity index (χ1) is 11.3. The highest BCUT2D eigenvalue weighted by molar-refractivity contribution is 5.72. The van der Waals surface area contributed by atoms with Gasteiger partial charge in [0.05, 0.1) is 5.52 Å². The van der Waals surface area contributed by atoms with Crippen LogP contribution >= 0.6 is 0 Å². The predicted octanol–water partition coefficient (Wildman–Crippen LogP) is 2.89. The SMILES string of the molecule is O=c1oc2ccccc2n1CCc1nnc(-c2ccccc2)o1. The van der Waals surface area contributed by atoms with Gasteiger partial charge in [-0.2, -0.15) is 0 Å². The molecule has 0 radical (unpaired) electrons. The second kappa shape index (κ2) is 5.57. The molecule has 0 aliphatic carbocycles. The number of nitrogens with zero attached hydrogens (tertiary/aromatic N) is 3. The van der Waals surface area contributed by atoms with Gasteiger partial charge < -0.3 is 8.83 Å². The molecule has 23 heavy (non-hydrogen) atoms. The van der Waals surface area contributed by atoms with Crippen molar-refractivity contribution < 1.29 is 8.83 Å². The fourth-order valence-corrected chi connectivity index (χ4v) is 2.49. The van der Waals surface area contributed by atoms with E-state index in [4.69, 9.17) is 8.83 Å². The van der Waals surface area contributed by atoms with E-state index in [1.165, 1.54) is 0 Å². The molecule has 2 aromatic heterocycles. The quantitative estimate of drug-likeness (QED) is 0.579. The zero-order chi connectivity index (χ0) is 15.6.